The van der Waals surface area contributed by atoms with Crippen LogP contribution in [0.5, 0.6) is 0 Å². The van der Waals surface area contributed by atoms with Gasteiger partial charge in [0.2, 0.25) is 0 Å². The van der Waals surface area contributed by atoms with Gasteiger partial charge >= 0.3 is 0 Å². The summed E-state index contributed by atoms with van der Waals surface area (Å²) < 4.78 is 0. The zero-order chi connectivity index (χ0) is 9.52. The molecule has 0 aromatic heterocycles. The van der Waals surface area contributed by atoms with Crippen molar-refractivity contribution in [3.05, 3.63) is 35.4 Å². The fraction of sp³-hybridized carbons (Fsp3) is 0.455. The summed E-state index contributed by atoms with van der Waals surface area (Å²) in [5.74, 6) is 0. The van der Waals surface area contributed by atoms with Crippen LogP contribution in [-0.4, -0.2) is 20.3 Å². The minimum Gasteiger partial charge on any atom is -0.308 e. The molecule has 0 saturated heterocycles. The Labute approximate surface area is 80.4 Å². The third-order valence-corrected chi connectivity index (χ3v) is 2.01. The van der Waals surface area contributed by atoms with E-state index >= 15 is 0 Å². The van der Waals surface area contributed by atoms with Crippen LogP contribution in [-0.2, 0) is 6.42 Å². The third-order valence-electron chi connectivity index (χ3n) is 2.01. The first-order valence-corrected chi connectivity index (χ1v) is 4.74. The van der Waals surface area contributed by atoms with E-state index in [-0.39, 0.29) is 0 Å². The van der Waals surface area contributed by atoms with E-state index < -0.39 is 0 Å². The molecule has 2 N–H and O–H groups in total. The molecule has 0 fully saturated rings. The molecule has 0 bridgehead atoms. The maximum atomic E-state index is 3.29. The Hall–Kier alpha value is -0.860. The largest absolute Gasteiger partial charge is 0.308 e. The van der Waals surface area contributed by atoms with Crippen LogP contribution in [0.4, 0.5) is 0 Å². The minimum atomic E-state index is 0.881. The van der Waals surface area contributed by atoms with Gasteiger partial charge in [-0.1, -0.05) is 29.8 Å². The van der Waals surface area contributed by atoms with Gasteiger partial charge in [0, 0.05) is 13.2 Å². The van der Waals surface area contributed by atoms with Crippen LogP contribution in [0.25, 0.3) is 0 Å². The third kappa shape index (κ3) is 4.06. The number of hydrogen-bond donors (Lipinski definition) is 2. The molecule has 1 rings (SSSR count). The molecule has 0 aliphatic heterocycles. The Morgan fingerprint density at radius 3 is 2.46 bits per heavy atom. The summed E-state index contributed by atoms with van der Waals surface area (Å²) >= 11 is 0. The quantitative estimate of drug-likeness (QED) is 0.524. The lowest BCUT2D eigenvalue weighted by Crippen LogP contribution is -2.27. The molecule has 0 unspecified atom stereocenters. The fourth-order valence-electron chi connectivity index (χ4n) is 1.20. The van der Waals surface area contributed by atoms with Crippen LogP contribution in [0, 0.1) is 6.92 Å². The van der Waals surface area contributed by atoms with Gasteiger partial charge in [-0.2, -0.15) is 0 Å². The molecule has 0 spiro atoms. The van der Waals surface area contributed by atoms with E-state index in [2.05, 4.69) is 41.8 Å². The summed E-state index contributed by atoms with van der Waals surface area (Å²) in [4.78, 5) is 0. The standard InChI is InChI=1S/C11H18N2/c1-10-3-5-11(6-4-10)7-8-13-9-12-2/h3-6,12-13H,7-9H2,1-2H3. The summed E-state index contributed by atoms with van der Waals surface area (Å²) in [5.41, 5.74) is 2.72. The number of nitrogens with one attached hydrogen (secondary N) is 2. The predicted octanol–water partition coefficient (Wildman–Crippen LogP) is 1.30. The molecular formula is C11H18N2. The van der Waals surface area contributed by atoms with Gasteiger partial charge in [0.05, 0.1) is 0 Å². The van der Waals surface area contributed by atoms with Crippen molar-refractivity contribution in [2.45, 2.75) is 13.3 Å². The molecule has 1 aromatic rings. The molecule has 0 atom stereocenters. The van der Waals surface area contributed by atoms with Crippen molar-refractivity contribution in [3.8, 4) is 0 Å². The first-order chi connectivity index (χ1) is 6.33. The minimum absolute atomic E-state index is 0.881. The van der Waals surface area contributed by atoms with E-state index in [0.717, 1.165) is 19.6 Å². The summed E-state index contributed by atoms with van der Waals surface area (Å²) in [6.45, 7) is 4.03. The normalized spacial score (nSPS) is 10.3. The highest BCUT2D eigenvalue weighted by Gasteiger charge is 1.91. The van der Waals surface area contributed by atoms with Crippen LogP contribution in [0.3, 0.4) is 0 Å². The molecule has 0 aliphatic rings. The molecule has 0 amide bonds. The number of benzene rings is 1. The number of aryl methyl sites for hydroxylation is 1. The molecule has 72 valence electrons. The summed E-state index contributed by atoms with van der Waals surface area (Å²) in [6, 6.07) is 8.70. The van der Waals surface area contributed by atoms with Crippen molar-refractivity contribution in [3.63, 3.8) is 0 Å². The van der Waals surface area contributed by atoms with Crippen molar-refractivity contribution in [1.82, 2.24) is 10.6 Å². The molecule has 0 aliphatic carbocycles. The van der Waals surface area contributed by atoms with Crippen molar-refractivity contribution in [2.75, 3.05) is 20.3 Å². The molecule has 0 heterocycles. The average molecular weight is 178 g/mol. The monoisotopic (exact) mass is 178 g/mol. The van der Waals surface area contributed by atoms with E-state index in [1.807, 2.05) is 7.05 Å². The Bertz CT molecular complexity index is 228. The van der Waals surface area contributed by atoms with E-state index in [0.29, 0.717) is 0 Å². The summed E-state index contributed by atoms with van der Waals surface area (Å²) in [5, 5.41) is 6.34. The first kappa shape index (κ1) is 10.2. The maximum absolute atomic E-state index is 3.29. The van der Waals surface area contributed by atoms with Gasteiger partial charge in [-0.15, -0.1) is 0 Å². The van der Waals surface area contributed by atoms with Gasteiger partial charge in [-0.25, -0.2) is 0 Å². The summed E-state index contributed by atoms with van der Waals surface area (Å²) in [6.07, 6.45) is 1.10. The highest BCUT2D eigenvalue weighted by Crippen LogP contribution is 2.02. The maximum Gasteiger partial charge on any atom is 0.0451 e. The molecular weight excluding hydrogens is 160 g/mol. The van der Waals surface area contributed by atoms with Crippen LogP contribution in [0.15, 0.2) is 24.3 Å². The molecule has 0 radical (unpaired) electrons. The van der Waals surface area contributed by atoms with Gasteiger partial charge < -0.3 is 10.6 Å². The summed E-state index contributed by atoms with van der Waals surface area (Å²) in [7, 11) is 1.94. The zero-order valence-electron chi connectivity index (χ0n) is 8.43. The topological polar surface area (TPSA) is 24.1 Å². The average Bonchev–Trinajstić information content (AvgIpc) is 2.15. The molecule has 13 heavy (non-hydrogen) atoms. The van der Waals surface area contributed by atoms with Gasteiger partial charge in [-0.05, 0) is 26.0 Å². The van der Waals surface area contributed by atoms with Gasteiger partial charge in [0.15, 0.2) is 0 Å². The first-order valence-electron chi connectivity index (χ1n) is 4.74. The molecule has 2 nitrogen and oxygen atoms in total. The second kappa shape index (κ2) is 5.73. The van der Waals surface area contributed by atoms with Crippen molar-refractivity contribution in [2.24, 2.45) is 0 Å². The second-order valence-corrected chi connectivity index (χ2v) is 3.27. The number of hydrogen-bond acceptors (Lipinski definition) is 2. The van der Waals surface area contributed by atoms with E-state index in [4.69, 9.17) is 0 Å². The number of rotatable bonds is 5. The van der Waals surface area contributed by atoms with Crippen LogP contribution < -0.4 is 10.6 Å². The van der Waals surface area contributed by atoms with Crippen molar-refractivity contribution >= 4 is 0 Å². The fourth-order valence-corrected chi connectivity index (χ4v) is 1.20. The smallest absolute Gasteiger partial charge is 0.0451 e. The van der Waals surface area contributed by atoms with Crippen molar-refractivity contribution in [1.29, 1.82) is 0 Å². The highest BCUT2D eigenvalue weighted by molar-refractivity contribution is 5.21. The van der Waals surface area contributed by atoms with E-state index in [9.17, 15) is 0 Å². The lowest BCUT2D eigenvalue weighted by Gasteiger charge is -2.03. The van der Waals surface area contributed by atoms with Crippen LogP contribution in [0.2, 0.25) is 0 Å². The van der Waals surface area contributed by atoms with Gasteiger partial charge in [-0.3, -0.25) is 0 Å². The molecule has 0 saturated carbocycles. The van der Waals surface area contributed by atoms with Crippen LogP contribution >= 0.6 is 0 Å². The SMILES string of the molecule is CNCNCCc1ccc(C)cc1. The van der Waals surface area contributed by atoms with Gasteiger partial charge in [0.25, 0.3) is 0 Å². The van der Waals surface area contributed by atoms with Gasteiger partial charge in [0.1, 0.15) is 0 Å². The molecule has 1 aromatic carbocycles. The Morgan fingerprint density at radius 2 is 1.85 bits per heavy atom. The van der Waals surface area contributed by atoms with E-state index in [1.54, 1.807) is 0 Å². The van der Waals surface area contributed by atoms with Crippen molar-refractivity contribution < 1.29 is 0 Å². The molecule has 2 heteroatoms. The lowest BCUT2D eigenvalue weighted by atomic mass is 10.1. The highest BCUT2D eigenvalue weighted by atomic mass is 15.0. The van der Waals surface area contributed by atoms with Crippen LogP contribution in [0.1, 0.15) is 11.1 Å². The van der Waals surface area contributed by atoms with E-state index in [1.165, 1.54) is 11.1 Å². The Morgan fingerprint density at radius 1 is 1.15 bits per heavy atom. The lowest BCUT2D eigenvalue weighted by molar-refractivity contribution is 0.631. The Balaban J connectivity index is 2.25. The zero-order valence-corrected chi connectivity index (χ0v) is 8.43. The predicted molar refractivity (Wildman–Crippen MR) is 56.8 cm³/mol. The second-order valence-electron chi connectivity index (χ2n) is 3.27. The Kier molecular flexibility index (Phi) is 4.50.